The highest BCUT2D eigenvalue weighted by Crippen LogP contribution is 2.20. The molecule has 0 spiro atoms. The number of carbonyl (C=O) groups excluding carboxylic acids is 2. The van der Waals surface area contributed by atoms with E-state index in [0.717, 1.165) is 24.2 Å². The first-order valence-electron chi connectivity index (χ1n) is 11.2. The molecule has 1 aliphatic heterocycles. The number of hydrogen-bond donors (Lipinski definition) is 1. The molecule has 8 heteroatoms. The minimum absolute atomic E-state index is 0.0470. The fraction of sp³-hybridized carbons (Fsp3) is 0.542. The van der Waals surface area contributed by atoms with Gasteiger partial charge in [0, 0.05) is 32.2 Å². The summed E-state index contributed by atoms with van der Waals surface area (Å²) in [6.45, 7) is 11.6. The lowest BCUT2D eigenvalue weighted by Gasteiger charge is -2.15. The van der Waals surface area contributed by atoms with Crippen LogP contribution in [0.2, 0.25) is 0 Å². The van der Waals surface area contributed by atoms with E-state index in [1.807, 2.05) is 18.5 Å². The Kier molecular flexibility index (Phi) is 10.3. The van der Waals surface area contributed by atoms with Crippen LogP contribution >= 0.6 is 0 Å². The topological polar surface area (TPSA) is 82.5 Å². The zero-order valence-electron chi connectivity index (χ0n) is 19.3. The quantitative estimate of drug-likeness (QED) is 0.373. The van der Waals surface area contributed by atoms with E-state index in [2.05, 4.69) is 17.0 Å². The summed E-state index contributed by atoms with van der Waals surface area (Å²) in [7, 11) is 0. The van der Waals surface area contributed by atoms with Crippen molar-refractivity contribution in [2.24, 2.45) is 5.92 Å². The van der Waals surface area contributed by atoms with Gasteiger partial charge in [-0.3, -0.25) is 9.48 Å². The van der Waals surface area contributed by atoms with Gasteiger partial charge >= 0.3 is 5.97 Å². The van der Waals surface area contributed by atoms with Crippen molar-refractivity contribution in [3.05, 3.63) is 53.2 Å². The minimum Gasteiger partial charge on any atom is -0.462 e. The number of halogens is 1. The molecular formula is C24H34FN3O4. The second-order valence-corrected chi connectivity index (χ2v) is 7.87. The van der Waals surface area contributed by atoms with Crippen molar-refractivity contribution in [2.75, 3.05) is 26.4 Å². The van der Waals surface area contributed by atoms with Crippen LogP contribution < -0.4 is 5.32 Å². The summed E-state index contributed by atoms with van der Waals surface area (Å²) in [6.07, 6.45) is 6.66. The fourth-order valence-corrected chi connectivity index (χ4v) is 3.38. The van der Waals surface area contributed by atoms with Crippen LogP contribution in [0.5, 0.6) is 0 Å². The lowest BCUT2D eigenvalue weighted by Crippen LogP contribution is -2.27. The van der Waals surface area contributed by atoms with Gasteiger partial charge in [0.05, 0.1) is 29.1 Å². The predicted octanol–water partition coefficient (Wildman–Crippen LogP) is 3.69. The minimum atomic E-state index is -0.595. The van der Waals surface area contributed by atoms with Crippen LogP contribution in [0.3, 0.4) is 0 Å². The Morgan fingerprint density at radius 2 is 2.12 bits per heavy atom. The van der Waals surface area contributed by atoms with Gasteiger partial charge in [0.2, 0.25) is 0 Å². The maximum atomic E-state index is 13.2. The Bertz CT molecular complexity index is 873. The fourth-order valence-electron chi connectivity index (χ4n) is 3.38. The number of aryl methyl sites for hydroxylation is 1. The molecule has 0 fully saturated rings. The van der Waals surface area contributed by atoms with Gasteiger partial charge < -0.3 is 14.8 Å². The molecule has 0 saturated heterocycles. The van der Waals surface area contributed by atoms with Crippen molar-refractivity contribution in [3.63, 3.8) is 0 Å². The van der Waals surface area contributed by atoms with E-state index >= 15 is 0 Å². The van der Waals surface area contributed by atoms with E-state index in [9.17, 15) is 14.0 Å². The molecule has 0 radical (unpaired) electrons. The number of carbonyl (C=O) groups is 2. The summed E-state index contributed by atoms with van der Waals surface area (Å²) in [6, 6.07) is 0. The first kappa shape index (κ1) is 25.5. The SMILES string of the molecule is C=C(/C=C\C(F)=C/C)C(=O)OC[C@H](C)Cn1nc(CC)c2c1CCCOCCCNC2=O. The Balaban J connectivity index is 2.08. The molecule has 0 saturated carbocycles. The van der Waals surface area contributed by atoms with Crippen molar-refractivity contribution in [1.29, 1.82) is 0 Å². The Morgan fingerprint density at radius 3 is 2.84 bits per heavy atom. The predicted molar refractivity (Wildman–Crippen MR) is 121 cm³/mol. The van der Waals surface area contributed by atoms with Crippen LogP contribution in [-0.4, -0.2) is 48.0 Å². The summed E-state index contributed by atoms with van der Waals surface area (Å²) in [5.41, 5.74) is 2.39. The highest BCUT2D eigenvalue weighted by atomic mass is 19.1. The van der Waals surface area contributed by atoms with Crippen LogP contribution in [0, 0.1) is 5.92 Å². The van der Waals surface area contributed by atoms with E-state index in [1.165, 1.54) is 18.2 Å². The van der Waals surface area contributed by atoms with Crippen LogP contribution in [0.15, 0.2) is 36.2 Å². The molecule has 1 aliphatic rings. The summed E-state index contributed by atoms with van der Waals surface area (Å²) in [4.78, 5) is 24.9. The van der Waals surface area contributed by atoms with Crippen molar-refractivity contribution in [2.45, 2.75) is 53.0 Å². The van der Waals surface area contributed by atoms with Gasteiger partial charge in [0.1, 0.15) is 5.83 Å². The zero-order valence-corrected chi connectivity index (χ0v) is 19.3. The molecule has 1 atom stereocenters. The molecule has 1 amide bonds. The van der Waals surface area contributed by atoms with E-state index in [-0.39, 0.29) is 24.0 Å². The summed E-state index contributed by atoms with van der Waals surface area (Å²) < 4.78 is 26.0. The van der Waals surface area contributed by atoms with Gasteiger partial charge in [0.25, 0.3) is 5.91 Å². The van der Waals surface area contributed by atoms with E-state index in [4.69, 9.17) is 9.47 Å². The molecule has 32 heavy (non-hydrogen) atoms. The van der Waals surface area contributed by atoms with Gasteiger partial charge in [0.15, 0.2) is 0 Å². The molecule has 0 aliphatic carbocycles. The molecule has 1 aromatic rings. The number of ether oxygens (including phenoxy) is 2. The average Bonchev–Trinajstić information content (AvgIpc) is 3.11. The third kappa shape index (κ3) is 7.44. The number of hydrogen-bond acceptors (Lipinski definition) is 5. The summed E-state index contributed by atoms with van der Waals surface area (Å²) in [5, 5.41) is 7.65. The second-order valence-electron chi connectivity index (χ2n) is 7.87. The molecule has 0 unspecified atom stereocenters. The number of aromatic nitrogens is 2. The maximum absolute atomic E-state index is 13.2. The number of rotatable bonds is 8. The van der Waals surface area contributed by atoms with Crippen LogP contribution in [0.1, 0.15) is 55.4 Å². The van der Waals surface area contributed by atoms with Crippen LogP contribution in [-0.2, 0) is 33.7 Å². The molecule has 0 aromatic carbocycles. The molecular weight excluding hydrogens is 413 g/mol. The standard InChI is InChI=1S/C24H34FN3O4/c1-5-19(25)11-10-18(4)24(30)32-16-17(3)15-28-21-9-7-13-31-14-8-12-26-23(29)22(21)20(6-2)27-28/h5,10-11,17H,4,6-9,12-16H2,1-3H3,(H,26,29)/b11-10-,19-5+/t17-/m1/s1. The van der Waals surface area contributed by atoms with Crippen molar-refractivity contribution in [1.82, 2.24) is 15.1 Å². The van der Waals surface area contributed by atoms with Gasteiger partial charge in [-0.1, -0.05) is 26.5 Å². The highest BCUT2D eigenvalue weighted by Gasteiger charge is 2.24. The van der Waals surface area contributed by atoms with Crippen molar-refractivity contribution >= 4 is 11.9 Å². The molecule has 1 aromatic heterocycles. The molecule has 2 rings (SSSR count). The number of allylic oxidation sites excluding steroid dienone is 3. The molecule has 0 bridgehead atoms. The third-order valence-electron chi connectivity index (χ3n) is 5.11. The number of esters is 1. The zero-order chi connectivity index (χ0) is 23.5. The van der Waals surface area contributed by atoms with E-state index < -0.39 is 11.8 Å². The normalized spacial score (nSPS) is 16.8. The summed E-state index contributed by atoms with van der Waals surface area (Å²) in [5.74, 6) is -1.19. The van der Waals surface area contributed by atoms with Gasteiger partial charge in [-0.05, 0) is 44.8 Å². The second kappa shape index (κ2) is 13.0. The maximum Gasteiger partial charge on any atom is 0.337 e. The largest absolute Gasteiger partial charge is 0.462 e. The highest BCUT2D eigenvalue weighted by molar-refractivity contribution is 5.96. The number of nitrogens with zero attached hydrogens (tertiary/aromatic N) is 2. The van der Waals surface area contributed by atoms with Crippen LogP contribution in [0.25, 0.3) is 0 Å². The summed E-state index contributed by atoms with van der Waals surface area (Å²) >= 11 is 0. The van der Waals surface area contributed by atoms with Crippen LogP contribution in [0.4, 0.5) is 4.39 Å². The number of amides is 1. The molecule has 1 N–H and O–H groups in total. The first-order valence-corrected chi connectivity index (χ1v) is 11.2. The van der Waals surface area contributed by atoms with Gasteiger partial charge in [-0.25, -0.2) is 9.18 Å². The Hall–Kier alpha value is -2.74. The monoisotopic (exact) mass is 447 g/mol. The van der Waals surface area contributed by atoms with Crippen molar-refractivity contribution in [3.8, 4) is 0 Å². The lowest BCUT2D eigenvalue weighted by molar-refractivity contribution is -0.139. The number of fused-ring (bicyclic) bond motifs is 1. The van der Waals surface area contributed by atoms with Gasteiger partial charge in [-0.15, -0.1) is 0 Å². The smallest absolute Gasteiger partial charge is 0.337 e. The lowest BCUT2D eigenvalue weighted by atomic mass is 10.1. The number of nitrogens with one attached hydrogen (secondary N) is 1. The van der Waals surface area contributed by atoms with Gasteiger partial charge in [-0.2, -0.15) is 5.10 Å². The molecule has 2 heterocycles. The Morgan fingerprint density at radius 1 is 1.38 bits per heavy atom. The first-order chi connectivity index (χ1) is 15.4. The average molecular weight is 448 g/mol. The molecule has 176 valence electrons. The third-order valence-corrected chi connectivity index (χ3v) is 5.11. The Labute approximate surface area is 189 Å². The van der Waals surface area contributed by atoms with E-state index in [1.54, 1.807) is 6.92 Å². The molecule has 7 nitrogen and oxygen atoms in total. The van der Waals surface area contributed by atoms with Crippen molar-refractivity contribution < 1.29 is 23.5 Å². The van der Waals surface area contributed by atoms with E-state index in [0.29, 0.717) is 44.7 Å².